The molecule has 1 atom stereocenters. The summed E-state index contributed by atoms with van der Waals surface area (Å²) >= 11 is 12.6. The van der Waals surface area contributed by atoms with Crippen LogP contribution in [0.3, 0.4) is 0 Å². The Morgan fingerprint density at radius 1 is 0.850 bits per heavy atom. The summed E-state index contributed by atoms with van der Waals surface area (Å²) in [6, 6.07) is 26.9. The van der Waals surface area contributed by atoms with Gasteiger partial charge in [-0.15, -0.1) is 0 Å². The first-order chi connectivity index (χ1) is 19.5. The number of rotatable bonds is 6. The molecule has 0 fully saturated rings. The van der Waals surface area contributed by atoms with Crippen LogP contribution in [0.25, 0.3) is 22.0 Å². The number of aromatic nitrogens is 4. The van der Waals surface area contributed by atoms with Crippen molar-refractivity contribution in [1.82, 2.24) is 19.5 Å². The minimum Gasteiger partial charge on any atom is -0.337 e. The number of carbonyl (C=O) groups is 1. The van der Waals surface area contributed by atoms with Crippen LogP contribution < -0.4 is 5.32 Å². The lowest BCUT2D eigenvalue weighted by atomic mass is 9.87. The van der Waals surface area contributed by atoms with Gasteiger partial charge in [0.05, 0.1) is 17.8 Å². The van der Waals surface area contributed by atoms with E-state index in [4.69, 9.17) is 28.2 Å². The number of anilines is 1. The summed E-state index contributed by atoms with van der Waals surface area (Å²) in [7, 11) is 1.99. The van der Waals surface area contributed by atoms with Crippen LogP contribution >= 0.6 is 23.2 Å². The third kappa shape index (κ3) is 5.19. The molecule has 0 spiro atoms. The Bertz CT molecular complexity index is 1830. The van der Waals surface area contributed by atoms with Crippen molar-refractivity contribution < 1.29 is 4.79 Å². The third-order valence-electron chi connectivity index (χ3n) is 6.83. The first-order valence-corrected chi connectivity index (χ1v) is 13.4. The number of amides is 1. The summed E-state index contributed by atoms with van der Waals surface area (Å²) < 4.78 is 2.02. The average Bonchev–Trinajstić information content (AvgIpc) is 3.39. The van der Waals surface area contributed by atoms with E-state index in [1.165, 1.54) is 0 Å². The third-order valence-corrected chi connectivity index (χ3v) is 7.31. The lowest BCUT2D eigenvalue weighted by Gasteiger charge is -2.20. The molecule has 0 aliphatic heterocycles. The summed E-state index contributed by atoms with van der Waals surface area (Å²) in [6.07, 6.45) is 6.93. The molecular formula is C32H23Cl2N5O. The molecule has 3 aromatic carbocycles. The topological polar surface area (TPSA) is 72.7 Å². The Labute approximate surface area is 241 Å². The van der Waals surface area contributed by atoms with Gasteiger partial charge in [-0.1, -0.05) is 53.5 Å². The number of benzene rings is 3. The minimum absolute atomic E-state index is 0.101. The zero-order valence-electron chi connectivity index (χ0n) is 21.4. The number of aryl methyl sites for hydroxylation is 1. The van der Waals surface area contributed by atoms with Gasteiger partial charge in [0.2, 0.25) is 0 Å². The summed E-state index contributed by atoms with van der Waals surface area (Å²) in [4.78, 5) is 26.4. The number of carbonyl (C=O) groups excluding carboxylic acids is 1. The normalized spacial score (nSPS) is 11.9. The van der Waals surface area contributed by atoms with Crippen molar-refractivity contribution in [1.29, 1.82) is 0 Å². The van der Waals surface area contributed by atoms with Crippen LogP contribution in [0.15, 0.2) is 110 Å². The van der Waals surface area contributed by atoms with Crippen molar-refractivity contribution in [3.63, 3.8) is 0 Å². The molecule has 3 heterocycles. The molecule has 1 unspecified atom stereocenters. The van der Waals surface area contributed by atoms with Gasteiger partial charge in [0.1, 0.15) is 5.69 Å². The molecule has 0 aliphatic carbocycles. The predicted molar refractivity (Wildman–Crippen MR) is 160 cm³/mol. The van der Waals surface area contributed by atoms with Crippen molar-refractivity contribution in [2.45, 2.75) is 5.92 Å². The highest BCUT2D eigenvalue weighted by atomic mass is 35.5. The number of fused-ring (bicyclic) bond motifs is 1. The fraction of sp³-hybridized carbons (Fsp3) is 0.0625. The second-order valence-electron chi connectivity index (χ2n) is 9.45. The first kappa shape index (κ1) is 25.7. The van der Waals surface area contributed by atoms with Crippen LogP contribution in [0, 0.1) is 0 Å². The summed E-state index contributed by atoms with van der Waals surface area (Å²) in [5.74, 6) is -0.412. The highest BCUT2D eigenvalue weighted by molar-refractivity contribution is 6.31. The van der Waals surface area contributed by atoms with Gasteiger partial charge >= 0.3 is 0 Å². The van der Waals surface area contributed by atoms with E-state index in [1.807, 2.05) is 84.5 Å². The Hall–Kier alpha value is -4.52. The molecule has 6 rings (SSSR count). The molecule has 3 aromatic heterocycles. The predicted octanol–water partition coefficient (Wildman–Crippen LogP) is 7.77. The summed E-state index contributed by atoms with van der Waals surface area (Å²) in [6.45, 7) is 0. The van der Waals surface area contributed by atoms with Gasteiger partial charge in [-0.25, -0.2) is 9.97 Å². The van der Waals surface area contributed by atoms with Gasteiger partial charge < -0.3 is 9.88 Å². The monoisotopic (exact) mass is 563 g/mol. The number of hydrogen-bond donors (Lipinski definition) is 1. The van der Waals surface area contributed by atoms with Crippen LogP contribution in [0.5, 0.6) is 0 Å². The van der Waals surface area contributed by atoms with E-state index in [-0.39, 0.29) is 11.8 Å². The van der Waals surface area contributed by atoms with E-state index in [9.17, 15) is 4.79 Å². The smallest absolute Gasteiger partial charge is 0.274 e. The van der Waals surface area contributed by atoms with E-state index in [2.05, 4.69) is 21.4 Å². The summed E-state index contributed by atoms with van der Waals surface area (Å²) in [5.41, 5.74) is 6.55. The van der Waals surface area contributed by atoms with E-state index >= 15 is 0 Å². The van der Waals surface area contributed by atoms with Gasteiger partial charge in [0.25, 0.3) is 5.91 Å². The Balaban J connectivity index is 1.53. The molecule has 1 N–H and O–H groups in total. The van der Waals surface area contributed by atoms with Gasteiger partial charge in [-0.3, -0.25) is 9.78 Å². The number of halogens is 2. The number of nitrogens with one attached hydrogen (secondary N) is 1. The number of hydrogen-bond acceptors (Lipinski definition) is 4. The SMILES string of the molecule is Cn1cncc1C(c1ccc(Cl)cc1)c1ccc2nc(C(=O)Nc3ccncc3)cc(-c3cccc(Cl)c3)c2c1. The van der Waals surface area contributed by atoms with Gasteiger partial charge in [0, 0.05) is 52.5 Å². The molecule has 0 saturated heterocycles. The van der Waals surface area contributed by atoms with Crippen LogP contribution in [0.2, 0.25) is 10.0 Å². The highest BCUT2D eigenvalue weighted by Crippen LogP contribution is 2.37. The minimum atomic E-state index is -0.311. The average molecular weight is 564 g/mol. The van der Waals surface area contributed by atoms with Crippen molar-refractivity contribution in [2.75, 3.05) is 5.32 Å². The molecule has 0 bridgehead atoms. The van der Waals surface area contributed by atoms with E-state index in [0.717, 1.165) is 33.3 Å². The number of nitrogens with zero attached hydrogens (tertiary/aromatic N) is 4. The Morgan fingerprint density at radius 3 is 2.35 bits per heavy atom. The lowest BCUT2D eigenvalue weighted by Crippen LogP contribution is -2.14. The zero-order chi connectivity index (χ0) is 27.6. The van der Waals surface area contributed by atoms with Crippen molar-refractivity contribution in [2.24, 2.45) is 7.05 Å². The standard InChI is InChI=1S/C32H23Cl2N5O/c1-39-19-36-18-30(39)31(20-5-8-23(33)9-6-20)22-7-10-28-27(16-22)26(21-3-2-4-24(34)15-21)17-29(38-28)32(40)37-25-11-13-35-14-12-25/h2-19,31H,1H3,(H,35,37,40). The second kappa shape index (κ2) is 10.9. The molecule has 40 heavy (non-hydrogen) atoms. The zero-order valence-corrected chi connectivity index (χ0v) is 22.9. The van der Waals surface area contributed by atoms with Crippen LogP contribution in [-0.4, -0.2) is 25.4 Å². The quantitative estimate of drug-likeness (QED) is 0.224. The molecule has 0 aliphatic rings. The molecular weight excluding hydrogens is 541 g/mol. The van der Waals surface area contributed by atoms with Crippen LogP contribution in [-0.2, 0) is 7.05 Å². The molecule has 0 radical (unpaired) electrons. The molecule has 8 heteroatoms. The Morgan fingerprint density at radius 2 is 1.62 bits per heavy atom. The maximum absolute atomic E-state index is 13.2. The Kier molecular flexibility index (Phi) is 7.03. The molecule has 0 saturated carbocycles. The van der Waals surface area contributed by atoms with Gasteiger partial charge in [-0.2, -0.15) is 0 Å². The number of imidazole rings is 1. The second-order valence-corrected chi connectivity index (χ2v) is 10.3. The van der Waals surface area contributed by atoms with E-state index in [1.54, 1.807) is 30.9 Å². The fourth-order valence-corrected chi connectivity index (χ4v) is 5.22. The van der Waals surface area contributed by atoms with E-state index < -0.39 is 0 Å². The van der Waals surface area contributed by atoms with Crippen molar-refractivity contribution in [3.8, 4) is 11.1 Å². The molecule has 196 valence electrons. The highest BCUT2D eigenvalue weighted by Gasteiger charge is 2.22. The molecule has 1 amide bonds. The van der Waals surface area contributed by atoms with Crippen LogP contribution in [0.4, 0.5) is 5.69 Å². The van der Waals surface area contributed by atoms with Gasteiger partial charge in [-0.05, 0) is 76.9 Å². The summed E-state index contributed by atoms with van der Waals surface area (Å²) in [5, 5.41) is 5.09. The maximum Gasteiger partial charge on any atom is 0.274 e. The largest absolute Gasteiger partial charge is 0.337 e. The molecule has 6 aromatic rings. The van der Waals surface area contributed by atoms with Crippen LogP contribution in [0.1, 0.15) is 33.2 Å². The maximum atomic E-state index is 13.2. The van der Waals surface area contributed by atoms with E-state index in [0.29, 0.717) is 26.9 Å². The van der Waals surface area contributed by atoms with Crippen molar-refractivity contribution >= 4 is 45.7 Å². The number of pyridine rings is 2. The molecule has 6 nitrogen and oxygen atoms in total. The van der Waals surface area contributed by atoms with Gasteiger partial charge in [0.15, 0.2) is 0 Å². The van der Waals surface area contributed by atoms with Crippen molar-refractivity contribution in [3.05, 3.63) is 142 Å². The lowest BCUT2D eigenvalue weighted by molar-refractivity contribution is 0.102. The first-order valence-electron chi connectivity index (χ1n) is 12.6. The fourth-order valence-electron chi connectivity index (χ4n) is 4.90.